The lowest BCUT2D eigenvalue weighted by atomic mass is 9.82. The summed E-state index contributed by atoms with van der Waals surface area (Å²) in [5, 5.41) is 7.30. The number of carbonyl (C=O) groups excluding carboxylic acids is 1. The van der Waals surface area contributed by atoms with Gasteiger partial charge >= 0.3 is 0 Å². The maximum atomic E-state index is 13.8. The Morgan fingerprint density at radius 1 is 1.31 bits per heavy atom. The van der Waals surface area contributed by atoms with Crippen LogP contribution in [0.1, 0.15) is 34.5 Å². The molecule has 0 spiro atoms. The molecule has 7 heteroatoms. The molecule has 1 saturated heterocycles. The summed E-state index contributed by atoms with van der Waals surface area (Å²) in [6.07, 6.45) is 4.43. The molecule has 26 heavy (non-hydrogen) atoms. The van der Waals surface area contributed by atoms with Crippen LogP contribution in [-0.4, -0.2) is 33.7 Å². The second-order valence-electron chi connectivity index (χ2n) is 6.55. The van der Waals surface area contributed by atoms with Crippen molar-refractivity contribution in [2.75, 3.05) is 13.2 Å². The van der Waals surface area contributed by atoms with Crippen LogP contribution in [0.4, 0.5) is 4.39 Å². The van der Waals surface area contributed by atoms with Gasteiger partial charge in [0.25, 0.3) is 5.91 Å². The molecule has 0 radical (unpaired) electrons. The van der Waals surface area contributed by atoms with Crippen molar-refractivity contribution in [2.24, 2.45) is 0 Å². The molecule has 1 aliphatic heterocycles. The lowest BCUT2D eigenvalue weighted by molar-refractivity contribution is 0.0345. The molecule has 6 nitrogen and oxygen atoms in total. The Morgan fingerprint density at radius 3 is 2.88 bits per heavy atom. The molecule has 4 rings (SSSR count). The largest absolute Gasteiger partial charge is 0.381 e. The van der Waals surface area contributed by atoms with Gasteiger partial charge in [-0.1, -0.05) is 12.1 Å². The third-order valence-electron chi connectivity index (χ3n) is 4.83. The molecule has 1 aromatic carbocycles. The number of rotatable bonds is 3. The number of halogens is 1. The monoisotopic (exact) mass is 354 g/mol. The molecule has 0 bridgehead atoms. The molecule has 134 valence electrons. The highest BCUT2D eigenvalue weighted by Gasteiger charge is 2.37. The number of carbonyl (C=O) groups is 1. The average molecular weight is 354 g/mol. The van der Waals surface area contributed by atoms with Crippen molar-refractivity contribution in [1.82, 2.24) is 19.9 Å². The number of amides is 1. The number of hydrogen-bond acceptors (Lipinski definition) is 4. The molecule has 3 heterocycles. The van der Waals surface area contributed by atoms with E-state index in [1.165, 1.54) is 18.3 Å². The Labute approximate surface area is 150 Å². The molecular formula is C19H19FN4O2. The molecule has 3 aromatic rings. The smallest absolute Gasteiger partial charge is 0.257 e. The fourth-order valence-electron chi connectivity index (χ4n) is 3.40. The van der Waals surface area contributed by atoms with E-state index in [0.717, 1.165) is 11.3 Å². The first-order valence-corrected chi connectivity index (χ1v) is 8.55. The number of nitrogens with one attached hydrogen (secondary N) is 1. The minimum Gasteiger partial charge on any atom is -0.381 e. The highest BCUT2D eigenvalue weighted by molar-refractivity contribution is 6.00. The summed E-state index contributed by atoms with van der Waals surface area (Å²) < 4.78 is 20.8. The molecule has 1 aliphatic rings. The first kappa shape index (κ1) is 16.7. The van der Waals surface area contributed by atoms with Gasteiger partial charge in [-0.05, 0) is 43.5 Å². The number of hydrogen-bond donors (Lipinski definition) is 1. The van der Waals surface area contributed by atoms with Gasteiger partial charge in [0.2, 0.25) is 0 Å². The zero-order valence-electron chi connectivity index (χ0n) is 14.4. The van der Waals surface area contributed by atoms with Gasteiger partial charge in [-0.3, -0.25) is 4.79 Å². The van der Waals surface area contributed by atoms with Crippen molar-refractivity contribution >= 4 is 11.6 Å². The number of aryl methyl sites for hydroxylation is 1. The van der Waals surface area contributed by atoms with Crippen molar-refractivity contribution in [3.63, 3.8) is 0 Å². The fraction of sp³-hybridized carbons (Fsp3) is 0.316. The quantitative estimate of drug-likeness (QED) is 0.785. The van der Waals surface area contributed by atoms with Crippen LogP contribution in [-0.2, 0) is 10.3 Å². The van der Waals surface area contributed by atoms with E-state index in [2.05, 4.69) is 15.4 Å². The van der Waals surface area contributed by atoms with E-state index < -0.39 is 5.54 Å². The number of nitrogens with zero attached hydrogens (tertiary/aromatic N) is 3. The van der Waals surface area contributed by atoms with Gasteiger partial charge in [0.15, 0.2) is 5.65 Å². The van der Waals surface area contributed by atoms with E-state index in [9.17, 15) is 9.18 Å². The third-order valence-corrected chi connectivity index (χ3v) is 4.83. The third kappa shape index (κ3) is 2.94. The van der Waals surface area contributed by atoms with Crippen LogP contribution in [0.5, 0.6) is 0 Å². The predicted molar refractivity (Wildman–Crippen MR) is 93.3 cm³/mol. The molecule has 1 N–H and O–H groups in total. The molecule has 1 amide bonds. The van der Waals surface area contributed by atoms with Gasteiger partial charge in [-0.15, -0.1) is 0 Å². The number of fused-ring (bicyclic) bond motifs is 1. The maximum Gasteiger partial charge on any atom is 0.257 e. The summed E-state index contributed by atoms with van der Waals surface area (Å²) in [5.74, 6) is -0.597. The molecule has 2 aromatic heterocycles. The lowest BCUT2D eigenvalue weighted by Crippen LogP contribution is -2.49. The Bertz CT molecular complexity index is 963. The Kier molecular flexibility index (Phi) is 4.16. The Balaban J connectivity index is 1.71. The first-order valence-electron chi connectivity index (χ1n) is 8.55. The summed E-state index contributed by atoms with van der Waals surface area (Å²) in [4.78, 5) is 17.4. The van der Waals surface area contributed by atoms with Gasteiger partial charge < -0.3 is 10.1 Å². The van der Waals surface area contributed by atoms with E-state index in [-0.39, 0.29) is 11.7 Å². The van der Waals surface area contributed by atoms with Crippen LogP contribution in [0.25, 0.3) is 5.65 Å². The van der Waals surface area contributed by atoms with E-state index in [4.69, 9.17) is 4.74 Å². The SMILES string of the molecule is Cc1ccn2ncc(C(=O)NC3(c4cccc(F)c4)CCOCC3)c2n1. The summed E-state index contributed by atoms with van der Waals surface area (Å²) in [5.41, 5.74) is 1.78. The van der Waals surface area contributed by atoms with Crippen LogP contribution in [0.2, 0.25) is 0 Å². The number of aromatic nitrogens is 3. The minimum absolute atomic E-state index is 0.274. The Morgan fingerprint density at radius 2 is 2.12 bits per heavy atom. The molecule has 0 aliphatic carbocycles. The second kappa shape index (κ2) is 6.49. The van der Waals surface area contributed by atoms with Crippen LogP contribution in [0.15, 0.2) is 42.7 Å². The molecular weight excluding hydrogens is 335 g/mol. The number of benzene rings is 1. The van der Waals surface area contributed by atoms with E-state index >= 15 is 0 Å². The van der Waals surface area contributed by atoms with Gasteiger partial charge in [0.1, 0.15) is 11.4 Å². The van der Waals surface area contributed by atoms with Gasteiger partial charge in [-0.25, -0.2) is 13.9 Å². The topological polar surface area (TPSA) is 68.5 Å². The average Bonchev–Trinajstić information content (AvgIpc) is 3.05. The highest BCUT2D eigenvalue weighted by Crippen LogP contribution is 2.33. The van der Waals surface area contributed by atoms with Gasteiger partial charge in [-0.2, -0.15) is 5.10 Å². The van der Waals surface area contributed by atoms with E-state index in [1.807, 2.05) is 19.1 Å². The van der Waals surface area contributed by atoms with Crippen molar-refractivity contribution in [1.29, 1.82) is 0 Å². The normalized spacial score (nSPS) is 16.5. The summed E-state index contributed by atoms with van der Waals surface area (Å²) in [6, 6.07) is 8.20. The molecule has 0 unspecified atom stereocenters. The Hall–Kier alpha value is -2.80. The lowest BCUT2D eigenvalue weighted by Gasteiger charge is -2.38. The summed E-state index contributed by atoms with van der Waals surface area (Å²) in [6.45, 7) is 2.87. The van der Waals surface area contributed by atoms with Crippen LogP contribution in [0, 0.1) is 12.7 Å². The molecule has 0 saturated carbocycles. The van der Waals surface area contributed by atoms with Crippen molar-refractivity contribution in [2.45, 2.75) is 25.3 Å². The molecule has 1 fully saturated rings. The van der Waals surface area contributed by atoms with E-state index in [0.29, 0.717) is 37.3 Å². The van der Waals surface area contributed by atoms with Crippen LogP contribution < -0.4 is 5.32 Å². The van der Waals surface area contributed by atoms with Crippen molar-refractivity contribution in [3.05, 3.63) is 65.4 Å². The van der Waals surface area contributed by atoms with Crippen molar-refractivity contribution < 1.29 is 13.9 Å². The first-order chi connectivity index (χ1) is 12.6. The van der Waals surface area contributed by atoms with Crippen LogP contribution in [0.3, 0.4) is 0 Å². The van der Waals surface area contributed by atoms with Crippen molar-refractivity contribution in [3.8, 4) is 0 Å². The predicted octanol–water partition coefficient (Wildman–Crippen LogP) is 2.61. The summed E-state index contributed by atoms with van der Waals surface area (Å²) >= 11 is 0. The highest BCUT2D eigenvalue weighted by atomic mass is 19.1. The zero-order chi connectivity index (χ0) is 18.1. The molecule has 0 atom stereocenters. The van der Waals surface area contributed by atoms with Crippen LogP contribution >= 0.6 is 0 Å². The maximum absolute atomic E-state index is 13.8. The van der Waals surface area contributed by atoms with Gasteiger partial charge in [0, 0.05) is 25.1 Å². The van der Waals surface area contributed by atoms with E-state index in [1.54, 1.807) is 16.8 Å². The number of ether oxygens (including phenoxy) is 1. The minimum atomic E-state index is -0.671. The zero-order valence-corrected chi connectivity index (χ0v) is 14.4. The summed E-state index contributed by atoms with van der Waals surface area (Å²) in [7, 11) is 0. The fourth-order valence-corrected chi connectivity index (χ4v) is 3.40. The van der Waals surface area contributed by atoms with Gasteiger partial charge in [0.05, 0.1) is 11.7 Å². The second-order valence-corrected chi connectivity index (χ2v) is 6.55. The standard InChI is InChI=1S/C19H19FN4O2/c1-13-5-8-24-17(22-13)16(12-21-24)18(25)23-19(6-9-26-10-7-19)14-3-2-4-15(20)11-14/h2-5,8,11-12H,6-7,9-10H2,1H3,(H,23,25).